The van der Waals surface area contributed by atoms with E-state index in [1.165, 1.54) is 11.1 Å². The third kappa shape index (κ3) is 4.91. The number of nitrogens with zero attached hydrogens (tertiary/aromatic N) is 1. The molecule has 0 saturated carbocycles. The molecular weight excluding hydrogens is 240 g/mol. The van der Waals surface area contributed by atoms with Crippen LogP contribution in [-0.2, 0) is 4.79 Å². The molecule has 4 nitrogen and oxygen atoms in total. The fraction of sp³-hybridized carbons (Fsp3) is 0.533. The largest absolute Gasteiger partial charge is 0.492 e. The minimum absolute atomic E-state index is 0.0866. The molecule has 1 rings (SSSR count). The number of hydrogen-bond acceptors (Lipinski definition) is 3. The molecule has 0 aliphatic heterocycles. The first-order valence-corrected chi connectivity index (χ1v) is 6.45. The number of likely N-dealkylation sites (N-methyl/N-ethyl adjacent to an activating group) is 1. The molecule has 1 aromatic rings. The predicted octanol–water partition coefficient (Wildman–Crippen LogP) is 1.88. The number of benzene rings is 1. The molecule has 106 valence electrons. The van der Waals surface area contributed by atoms with Gasteiger partial charge in [-0.15, -0.1) is 0 Å². The van der Waals surface area contributed by atoms with Crippen LogP contribution in [0, 0.1) is 13.8 Å². The fourth-order valence-corrected chi connectivity index (χ4v) is 1.91. The highest BCUT2D eigenvalue weighted by atomic mass is 16.5. The zero-order chi connectivity index (χ0) is 14.6. The summed E-state index contributed by atoms with van der Waals surface area (Å²) in [4.78, 5) is 13.5. The molecular formula is C15H24N2O2. The molecule has 0 unspecified atom stereocenters. The van der Waals surface area contributed by atoms with Crippen LogP contribution in [-0.4, -0.2) is 36.5 Å². The third-order valence-electron chi connectivity index (χ3n) is 2.79. The van der Waals surface area contributed by atoms with Crippen molar-refractivity contribution in [2.24, 2.45) is 5.73 Å². The maximum atomic E-state index is 11.9. The van der Waals surface area contributed by atoms with Crippen LogP contribution in [0.2, 0.25) is 0 Å². The number of ether oxygens (including phenoxy) is 1. The van der Waals surface area contributed by atoms with Gasteiger partial charge in [-0.05, 0) is 51.0 Å². The minimum Gasteiger partial charge on any atom is -0.492 e. The molecule has 0 radical (unpaired) electrons. The van der Waals surface area contributed by atoms with Gasteiger partial charge in [0, 0.05) is 7.05 Å². The van der Waals surface area contributed by atoms with Gasteiger partial charge in [0.25, 0.3) is 0 Å². The van der Waals surface area contributed by atoms with Gasteiger partial charge in [0.05, 0.1) is 12.1 Å². The number of nitrogens with two attached hydrogens (primary N) is 1. The van der Waals surface area contributed by atoms with E-state index in [1.54, 1.807) is 25.8 Å². The van der Waals surface area contributed by atoms with E-state index in [0.717, 1.165) is 5.75 Å². The Kier molecular flexibility index (Phi) is 4.95. The zero-order valence-corrected chi connectivity index (χ0v) is 12.5. The normalized spacial score (nSPS) is 11.3. The summed E-state index contributed by atoms with van der Waals surface area (Å²) in [7, 11) is 1.74. The van der Waals surface area contributed by atoms with Crippen molar-refractivity contribution in [3.8, 4) is 5.75 Å². The highest BCUT2D eigenvalue weighted by Crippen LogP contribution is 2.16. The molecule has 19 heavy (non-hydrogen) atoms. The summed E-state index contributed by atoms with van der Waals surface area (Å²) in [6, 6.07) is 6.07. The SMILES string of the molecule is Cc1cc(C)cc(OCCN(C)C(=O)C(C)(C)N)c1. The van der Waals surface area contributed by atoms with E-state index in [2.05, 4.69) is 6.07 Å². The lowest BCUT2D eigenvalue weighted by Gasteiger charge is -2.25. The number of carbonyl (C=O) groups is 1. The van der Waals surface area contributed by atoms with E-state index in [1.807, 2.05) is 26.0 Å². The Bertz CT molecular complexity index is 430. The van der Waals surface area contributed by atoms with E-state index >= 15 is 0 Å². The summed E-state index contributed by atoms with van der Waals surface area (Å²) >= 11 is 0. The molecule has 0 fully saturated rings. The second kappa shape index (κ2) is 6.06. The summed E-state index contributed by atoms with van der Waals surface area (Å²) in [5.41, 5.74) is 7.27. The number of hydrogen-bond donors (Lipinski definition) is 1. The molecule has 0 aromatic heterocycles. The van der Waals surface area contributed by atoms with Crippen LogP contribution in [0.5, 0.6) is 5.75 Å². The first-order chi connectivity index (χ1) is 8.70. The molecule has 0 aliphatic rings. The minimum atomic E-state index is -0.839. The molecule has 0 heterocycles. The van der Waals surface area contributed by atoms with Crippen molar-refractivity contribution < 1.29 is 9.53 Å². The van der Waals surface area contributed by atoms with Crippen LogP contribution < -0.4 is 10.5 Å². The number of rotatable bonds is 5. The maximum absolute atomic E-state index is 11.9. The van der Waals surface area contributed by atoms with Gasteiger partial charge in [-0.3, -0.25) is 4.79 Å². The van der Waals surface area contributed by atoms with Crippen molar-refractivity contribution in [2.75, 3.05) is 20.2 Å². The van der Waals surface area contributed by atoms with Crippen LogP contribution in [0.15, 0.2) is 18.2 Å². The first-order valence-electron chi connectivity index (χ1n) is 6.45. The van der Waals surface area contributed by atoms with Crippen LogP contribution in [0.4, 0.5) is 0 Å². The summed E-state index contributed by atoms with van der Waals surface area (Å²) in [6.07, 6.45) is 0. The van der Waals surface area contributed by atoms with E-state index in [-0.39, 0.29) is 5.91 Å². The highest BCUT2D eigenvalue weighted by Gasteiger charge is 2.25. The quantitative estimate of drug-likeness (QED) is 0.883. The van der Waals surface area contributed by atoms with Crippen molar-refractivity contribution in [3.05, 3.63) is 29.3 Å². The number of amides is 1. The summed E-state index contributed by atoms with van der Waals surface area (Å²) < 4.78 is 5.67. The van der Waals surface area contributed by atoms with Crippen molar-refractivity contribution in [1.29, 1.82) is 0 Å². The van der Waals surface area contributed by atoms with E-state index in [9.17, 15) is 4.79 Å². The lowest BCUT2D eigenvalue weighted by molar-refractivity contribution is -0.134. The van der Waals surface area contributed by atoms with E-state index < -0.39 is 5.54 Å². The average molecular weight is 264 g/mol. The third-order valence-corrected chi connectivity index (χ3v) is 2.79. The lowest BCUT2D eigenvalue weighted by Crippen LogP contribution is -2.50. The van der Waals surface area contributed by atoms with E-state index in [4.69, 9.17) is 10.5 Å². The van der Waals surface area contributed by atoms with Gasteiger partial charge in [0.2, 0.25) is 5.91 Å². The Morgan fingerprint density at radius 1 is 1.26 bits per heavy atom. The average Bonchev–Trinajstić information content (AvgIpc) is 2.25. The molecule has 0 atom stereocenters. The number of aryl methyl sites for hydroxylation is 2. The van der Waals surface area contributed by atoms with Gasteiger partial charge in [0.1, 0.15) is 12.4 Å². The zero-order valence-electron chi connectivity index (χ0n) is 12.5. The fourth-order valence-electron chi connectivity index (χ4n) is 1.91. The molecule has 0 aliphatic carbocycles. The predicted molar refractivity (Wildman–Crippen MR) is 77.3 cm³/mol. The van der Waals surface area contributed by atoms with Crippen LogP contribution in [0.1, 0.15) is 25.0 Å². The first kappa shape index (κ1) is 15.5. The Balaban J connectivity index is 2.48. The molecule has 1 amide bonds. The molecule has 0 bridgehead atoms. The molecule has 0 spiro atoms. The topological polar surface area (TPSA) is 55.6 Å². The molecule has 0 saturated heterocycles. The van der Waals surface area contributed by atoms with Gasteiger partial charge in [-0.1, -0.05) is 6.07 Å². The van der Waals surface area contributed by atoms with Gasteiger partial charge < -0.3 is 15.4 Å². The van der Waals surface area contributed by atoms with Crippen LogP contribution in [0.3, 0.4) is 0 Å². The van der Waals surface area contributed by atoms with Crippen molar-refractivity contribution in [1.82, 2.24) is 4.90 Å². The smallest absolute Gasteiger partial charge is 0.241 e. The Morgan fingerprint density at radius 2 is 1.79 bits per heavy atom. The monoisotopic (exact) mass is 264 g/mol. The molecule has 2 N–H and O–H groups in total. The van der Waals surface area contributed by atoms with Crippen molar-refractivity contribution in [3.63, 3.8) is 0 Å². The highest BCUT2D eigenvalue weighted by molar-refractivity contribution is 5.84. The summed E-state index contributed by atoms with van der Waals surface area (Å²) in [5.74, 6) is 0.752. The Hall–Kier alpha value is -1.55. The molecule has 1 aromatic carbocycles. The maximum Gasteiger partial charge on any atom is 0.241 e. The van der Waals surface area contributed by atoms with E-state index in [0.29, 0.717) is 13.2 Å². The van der Waals surface area contributed by atoms with Crippen LogP contribution in [0.25, 0.3) is 0 Å². The molecule has 4 heteroatoms. The van der Waals surface area contributed by atoms with Crippen LogP contribution >= 0.6 is 0 Å². The van der Waals surface area contributed by atoms with Gasteiger partial charge in [0.15, 0.2) is 0 Å². The lowest BCUT2D eigenvalue weighted by atomic mass is 10.1. The van der Waals surface area contributed by atoms with Crippen molar-refractivity contribution in [2.45, 2.75) is 33.2 Å². The van der Waals surface area contributed by atoms with Gasteiger partial charge >= 0.3 is 0 Å². The Morgan fingerprint density at radius 3 is 2.26 bits per heavy atom. The van der Waals surface area contributed by atoms with Crippen molar-refractivity contribution >= 4 is 5.91 Å². The van der Waals surface area contributed by atoms with Gasteiger partial charge in [-0.2, -0.15) is 0 Å². The standard InChI is InChI=1S/C15H24N2O2/c1-11-8-12(2)10-13(9-11)19-7-6-17(5)14(18)15(3,4)16/h8-10H,6-7,16H2,1-5H3. The number of carbonyl (C=O) groups excluding carboxylic acids is 1. The summed E-state index contributed by atoms with van der Waals surface area (Å²) in [6.45, 7) is 8.46. The summed E-state index contributed by atoms with van der Waals surface area (Å²) in [5, 5.41) is 0. The Labute approximate surface area is 115 Å². The van der Waals surface area contributed by atoms with Gasteiger partial charge in [-0.25, -0.2) is 0 Å². The second-order valence-electron chi connectivity index (χ2n) is 5.62. The second-order valence-corrected chi connectivity index (χ2v) is 5.62.